The molecule has 5 heteroatoms. The predicted molar refractivity (Wildman–Crippen MR) is 85.3 cm³/mol. The molecule has 106 valence electrons. The van der Waals surface area contributed by atoms with E-state index in [0.717, 1.165) is 41.0 Å². The average molecular weight is 375 g/mol. The van der Waals surface area contributed by atoms with Gasteiger partial charge in [0.05, 0.1) is 3.57 Å². The van der Waals surface area contributed by atoms with Gasteiger partial charge in [-0.05, 0) is 61.6 Å². The highest BCUT2D eigenvalue weighted by Gasteiger charge is 2.39. The van der Waals surface area contributed by atoms with Crippen molar-refractivity contribution in [3.63, 3.8) is 0 Å². The van der Waals surface area contributed by atoms with E-state index >= 15 is 0 Å². The number of nitrogens with zero attached hydrogens (tertiary/aromatic N) is 2. The van der Waals surface area contributed by atoms with E-state index < -0.39 is 0 Å². The van der Waals surface area contributed by atoms with E-state index in [1.165, 1.54) is 12.8 Å². The van der Waals surface area contributed by atoms with Crippen molar-refractivity contribution in [1.29, 1.82) is 0 Å². The summed E-state index contributed by atoms with van der Waals surface area (Å²) in [6, 6.07) is 0. The van der Waals surface area contributed by atoms with Gasteiger partial charge in [-0.1, -0.05) is 6.92 Å². The van der Waals surface area contributed by atoms with E-state index in [1.807, 2.05) is 13.1 Å². The molecule has 1 N–H and O–H groups in total. The first-order valence-corrected chi connectivity index (χ1v) is 8.20. The van der Waals surface area contributed by atoms with Crippen LogP contribution in [-0.4, -0.2) is 23.1 Å². The molecule has 0 bridgehead atoms. The van der Waals surface area contributed by atoms with Crippen LogP contribution < -0.4 is 5.32 Å². The third-order valence-corrected chi connectivity index (χ3v) is 4.32. The molecule has 0 unspecified atom stereocenters. The largest absolute Gasteiger partial charge is 0.369 e. The summed E-state index contributed by atoms with van der Waals surface area (Å²) < 4.78 is 7.09. The van der Waals surface area contributed by atoms with Gasteiger partial charge < -0.3 is 10.1 Å². The molecule has 1 aliphatic carbocycles. The van der Waals surface area contributed by atoms with Crippen LogP contribution in [0.5, 0.6) is 0 Å². The van der Waals surface area contributed by atoms with Crippen LogP contribution in [0.1, 0.15) is 51.8 Å². The van der Waals surface area contributed by atoms with Gasteiger partial charge in [-0.15, -0.1) is 0 Å². The molecule has 2 rings (SSSR count). The van der Waals surface area contributed by atoms with Crippen LogP contribution >= 0.6 is 22.6 Å². The molecule has 1 fully saturated rings. The maximum absolute atomic E-state index is 6.02. The summed E-state index contributed by atoms with van der Waals surface area (Å²) in [5.41, 5.74) is -0.248. The zero-order chi connectivity index (χ0) is 13.7. The smallest absolute Gasteiger partial charge is 0.162 e. The van der Waals surface area contributed by atoms with Crippen molar-refractivity contribution in [2.75, 3.05) is 18.5 Å². The standard InChI is InChI=1S/C14H22IN3O/c1-3-9-16-12-11(15)10-17-13(18-12)14(19-4-2)7-5-6-8-14/h10H,3-9H2,1-2H3,(H,16,17,18). The first-order valence-electron chi connectivity index (χ1n) is 7.12. The number of nitrogens with one attached hydrogen (secondary N) is 1. The minimum Gasteiger partial charge on any atom is -0.369 e. The molecule has 1 aromatic rings. The lowest BCUT2D eigenvalue weighted by Gasteiger charge is -2.27. The third-order valence-electron chi connectivity index (χ3n) is 3.53. The number of hydrogen-bond donors (Lipinski definition) is 1. The van der Waals surface area contributed by atoms with E-state index in [1.54, 1.807) is 0 Å². The fourth-order valence-electron chi connectivity index (χ4n) is 2.61. The van der Waals surface area contributed by atoms with Crippen molar-refractivity contribution in [2.45, 2.75) is 51.6 Å². The Morgan fingerprint density at radius 2 is 2.11 bits per heavy atom. The Balaban J connectivity index is 2.27. The number of ether oxygens (including phenoxy) is 1. The molecule has 0 amide bonds. The third kappa shape index (κ3) is 3.37. The molecule has 1 aromatic heterocycles. The highest BCUT2D eigenvalue weighted by atomic mass is 127. The highest BCUT2D eigenvalue weighted by molar-refractivity contribution is 14.1. The topological polar surface area (TPSA) is 47.0 Å². The monoisotopic (exact) mass is 375 g/mol. The Morgan fingerprint density at radius 3 is 2.74 bits per heavy atom. The number of aromatic nitrogens is 2. The molecule has 1 aliphatic rings. The fraction of sp³-hybridized carbons (Fsp3) is 0.714. The lowest BCUT2D eigenvalue weighted by molar-refractivity contribution is -0.0456. The maximum Gasteiger partial charge on any atom is 0.162 e. The second-order valence-corrected chi connectivity index (χ2v) is 6.11. The molecule has 0 atom stereocenters. The number of halogens is 1. The maximum atomic E-state index is 6.02. The molecule has 1 heterocycles. The van der Waals surface area contributed by atoms with Gasteiger partial charge in [-0.3, -0.25) is 0 Å². The van der Waals surface area contributed by atoms with E-state index in [4.69, 9.17) is 9.72 Å². The van der Waals surface area contributed by atoms with Crippen LogP contribution in [-0.2, 0) is 10.3 Å². The SMILES string of the molecule is CCCNc1nc(C2(OCC)CCCC2)ncc1I. The molecule has 19 heavy (non-hydrogen) atoms. The second-order valence-electron chi connectivity index (χ2n) is 4.95. The summed E-state index contributed by atoms with van der Waals surface area (Å²) in [4.78, 5) is 9.26. The van der Waals surface area contributed by atoms with Crippen LogP contribution in [0.3, 0.4) is 0 Å². The molecule has 0 saturated heterocycles. The number of hydrogen-bond acceptors (Lipinski definition) is 4. The summed E-state index contributed by atoms with van der Waals surface area (Å²) in [6.45, 7) is 5.85. The van der Waals surface area contributed by atoms with Gasteiger partial charge in [0.1, 0.15) is 11.4 Å². The van der Waals surface area contributed by atoms with Gasteiger partial charge in [0, 0.05) is 19.3 Å². The Morgan fingerprint density at radius 1 is 1.37 bits per heavy atom. The lowest BCUT2D eigenvalue weighted by Crippen LogP contribution is -2.29. The van der Waals surface area contributed by atoms with Crippen molar-refractivity contribution in [3.05, 3.63) is 15.6 Å². The average Bonchev–Trinajstić information content (AvgIpc) is 2.88. The zero-order valence-electron chi connectivity index (χ0n) is 11.7. The Kier molecular flexibility index (Phi) is 5.38. The lowest BCUT2D eigenvalue weighted by atomic mass is 10.0. The van der Waals surface area contributed by atoms with E-state index in [0.29, 0.717) is 6.61 Å². The first kappa shape index (κ1) is 15.0. The highest BCUT2D eigenvalue weighted by Crippen LogP contribution is 2.40. The molecule has 0 aromatic carbocycles. The van der Waals surface area contributed by atoms with Gasteiger partial charge in [0.25, 0.3) is 0 Å². The summed E-state index contributed by atoms with van der Waals surface area (Å²) >= 11 is 2.28. The zero-order valence-corrected chi connectivity index (χ0v) is 13.9. The van der Waals surface area contributed by atoms with Crippen molar-refractivity contribution in [1.82, 2.24) is 9.97 Å². The summed E-state index contributed by atoms with van der Waals surface area (Å²) in [7, 11) is 0. The van der Waals surface area contributed by atoms with E-state index in [-0.39, 0.29) is 5.60 Å². The van der Waals surface area contributed by atoms with Crippen LogP contribution in [0.15, 0.2) is 6.20 Å². The predicted octanol–water partition coefficient (Wildman–Crippen LogP) is 3.71. The molecular formula is C14H22IN3O. The summed E-state index contributed by atoms with van der Waals surface area (Å²) in [6.07, 6.45) is 7.47. The molecule has 4 nitrogen and oxygen atoms in total. The van der Waals surface area contributed by atoms with Crippen LogP contribution in [0.2, 0.25) is 0 Å². The normalized spacial score (nSPS) is 17.6. The quantitative estimate of drug-likeness (QED) is 0.771. The Bertz CT molecular complexity index is 419. The summed E-state index contributed by atoms with van der Waals surface area (Å²) in [5.74, 6) is 1.80. The number of anilines is 1. The first-order chi connectivity index (χ1) is 9.22. The van der Waals surface area contributed by atoms with Gasteiger partial charge in [0.15, 0.2) is 5.82 Å². The van der Waals surface area contributed by atoms with E-state index in [2.05, 4.69) is 39.8 Å². The molecule has 0 radical (unpaired) electrons. The Labute approximate surface area is 128 Å². The minimum absolute atomic E-state index is 0.248. The Hall–Kier alpha value is -0.430. The van der Waals surface area contributed by atoms with Crippen molar-refractivity contribution in [2.24, 2.45) is 0 Å². The van der Waals surface area contributed by atoms with Gasteiger partial charge in [0.2, 0.25) is 0 Å². The van der Waals surface area contributed by atoms with Gasteiger partial charge in [-0.2, -0.15) is 0 Å². The number of rotatable bonds is 6. The van der Waals surface area contributed by atoms with Gasteiger partial charge >= 0.3 is 0 Å². The minimum atomic E-state index is -0.248. The van der Waals surface area contributed by atoms with E-state index in [9.17, 15) is 0 Å². The van der Waals surface area contributed by atoms with Crippen LogP contribution in [0.4, 0.5) is 5.82 Å². The van der Waals surface area contributed by atoms with Gasteiger partial charge in [-0.25, -0.2) is 9.97 Å². The molecule has 0 aliphatic heterocycles. The summed E-state index contributed by atoms with van der Waals surface area (Å²) in [5, 5.41) is 3.37. The fourth-order valence-corrected chi connectivity index (χ4v) is 3.06. The van der Waals surface area contributed by atoms with Crippen molar-refractivity contribution >= 4 is 28.4 Å². The molecule has 1 saturated carbocycles. The van der Waals surface area contributed by atoms with Crippen LogP contribution in [0.25, 0.3) is 0 Å². The van der Waals surface area contributed by atoms with Crippen LogP contribution in [0, 0.1) is 3.57 Å². The second kappa shape index (κ2) is 6.83. The van der Waals surface area contributed by atoms with Crippen molar-refractivity contribution < 1.29 is 4.74 Å². The van der Waals surface area contributed by atoms with Crippen molar-refractivity contribution in [3.8, 4) is 0 Å². The molecular weight excluding hydrogens is 353 g/mol. The molecule has 0 spiro atoms.